The summed E-state index contributed by atoms with van der Waals surface area (Å²) in [6.45, 7) is 4.79. The van der Waals surface area contributed by atoms with Crippen molar-refractivity contribution < 1.29 is 14.3 Å². The molecular formula is C34H44N2O3. The molecule has 0 N–H and O–H groups in total. The van der Waals surface area contributed by atoms with Crippen molar-refractivity contribution in [2.75, 3.05) is 6.61 Å². The molecule has 1 aromatic heterocycles. The molecule has 0 spiro atoms. The monoisotopic (exact) mass is 528 g/mol. The first-order valence-electron chi connectivity index (χ1n) is 15.0. The number of ether oxygens (including phenoxy) is 2. The summed E-state index contributed by atoms with van der Waals surface area (Å²) in [4.78, 5) is 21.8. The van der Waals surface area contributed by atoms with Crippen LogP contribution in [0.25, 0.3) is 11.4 Å². The second-order valence-electron chi connectivity index (χ2n) is 10.8. The number of hydrogen-bond acceptors (Lipinski definition) is 5. The third-order valence-electron chi connectivity index (χ3n) is 7.93. The fraction of sp³-hybridized carbons (Fsp3) is 0.500. The van der Waals surface area contributed by atoms with E-state index in [1.165, 1.54) is 82.6 Å². The molecule has 0 bridgehead atoms. The Morgan fingerprint density at radius 1 is 0.769 bits per heavy atom. The minimum atomic E-state index is -0.400. The zero-order valence-corrected chi connectivity index (χ0v) is 23.7. The molecule has 0 atom stereocenters. The average molecular weight is 529 g/mol. The average Bonchev–Trinajstić information content (AvgIpc) is 2.98. The number of carbonyl (C=O) groups is 1. The number of benzene rings is 2. The molecule has 2 aromatic carbocycles. The first-order chi connectivity index (χ1) is 19.2. The van der Waals surface area contributed by atoms with Crippen LogP contribution in [0.4, 0.5) is 0 Å². The number of nitrogens with zero attached hydrogens (tertiary/aromatic N) is 2. The lowest BCUT2D eigenvalue weighted by Crippen LogP contribution is -2.14. The van der Waals surface area contributed by atoms with Crippen LogP contribution in [-0.2, 0) is 0 Å². The van der Waals surface area contributed by atoms with E-state index in [0.717, 1.165) is 17.2 Å². The van der Waals surface area contributed by atoms with Gasteiger partial charge in [0.25, 0.3) is 0 Å². The number of hydrogen-bond donors (Lipinski definition) is 0. The van der Waals surface area contributed by atoms with Crippen molar-refractivity contribution in [1.29, 1.82) is 0 Å². The van der Waals surface area contributed by atoms with Crippen molar-refractivity contribution in [1.82, 2.24) is 9.97 Å². The van der Waals surface area contributed by atoms with Crippen LogP contribution in [0.5, 0.6) is 11.5 Å². The number of aromatic nitrogens is 2. The third-order valence-corrected chi connectivity index (χ3v) is 7.93. The van der Waals surface area contributed by atoms with Gasteiger partial charge in [-0.1, -0.05) is 58.3 Å². The molecule has 1 aliphatic rings. The van der Waals surface area contributed by atoms with E-state index >= 15 is 0 Å². The molecule has 1 fully saturated rings. The maximum Gasteiger partial charge on any atom is 0.343 e. The van der Waals surface area contributed by atoms with Gasteiger partial charge in [-0.05, 0) is 98.5 Å². The van der Waals surface area contributed by atoms with Crippen molar-refractivity contribution in [3.05, 3.63) is 72.1 Å². The molecule has 1 heterocycles. The minimum Gasteiger partial charge on any atom is -0.494 e. The first kappa shape index (κ1) is 28.8. The van der Waals surface area contributed by atoms with Crippen LogP contribution in [0.15, 0.2) is 60.9 Å². The highest BCUT2D eigenvalue weighted by molar-refractivity contribution is 5.91. The zero-order chi connectivity index (χ0) is 27.3. The Morgan fingerprint density at radius 2 is 1.38 bits per heavy atom. The smallest absolute Gasteiger partial charge is 0.343 e. The summed E-state index contributed by atoms with van der Waals surface area (Å²) >= 11 is 0. The van der Waals surface area contributed by atoms with Gasteiger partial charge in [-0.15, -0.1) is 0 Å². The zero-order valence-electron chi connectivity index (χ0n) is 23.7. The molecule has 3 aromatic rings. The van der Waals surface area contributed by atoms with E-state index in [1.54, 1.807) is 36.4 Å². The van der Waals surface area contributed by atoms with Crippen LogP contribution >= 0.6 is 0 Å². The molecule has 4 rings (SSSR count). The maximum absolute atomic E-state index is 12.5. The van der Waals surface area contributed by atoms with Gasteiger partial charge in [0.05, 0.1) is 12.2 Å². The SMILES string of the molecule is CCCCCCCCC[C@H]1CC[C@H](c2cnc(-c3ccc(OC(=O)c4ccc(OCC)cc4)cc3)nc2)CC1. The highest BCUT2D eigenvalue weighted by Gasteiger charge is 2.22. The van der Waals surface area contributed by atoms with E-state index in [1.807, 2.05) is 31.5 Å². The van der Waals surface area contributed by atoms with E-state index < -0.39 is 5.97 Å². The molecule has 0 unspecified atom stereocenters. The number of unbranched alkanes of at least 4 members (excludes halogenated alkanes) is 6. The standard InChI is InChI=1S/C34H44N2O3/c1-3-5-6-7-8-9-10-11-26-12-14-27(15-13-26)30-24-35-33(36-25-30)28-16-22-32(23-17-28)39-34(37)29-18-20-31(21-19-29)38-4-2/h16-27H,3-15H2,1-2H3/t26-,27-. The van der Waals surface area contributed by atoms with Crippen LogP contribution in [0.3, 0.4) is 0 Å². The summed E-state index contributed by atoms with van der Waals surface area (Å²) in [7, 11) is 0. The fourth-order valence-electron chi connectivity index (χ4n) is 5.56. The van der Waals surface area contributed by atoms with Crippen molar-refractivity contribution >= 4 is 5.97 Å². The molecule has 208 valence electrons. The van der Waals surface area contributed by atoms with Gasteiger partial charge in [-0.25, -0.2) is 14.8 Å². The molecule has 1 saturated carbocycles. The van der Waals surface area contributed by atoms with Crippen LogP contribution in [-0.4, -0.2) is 22.5 Å². The second-order valence-corrected chi connectivity index (χ2v) is 10.8. The summed E-state index contributed by atoms with van der Waals surface area (Å²) in [5.41, 5.74) is 2.64. The Morgan fingerprint density at radius 3 is 2.03 bits per heavy atom. The van der Waals surface area contributed by atoms with Gasteiger partial charge in [0.15, 0.2) is 5.82 Å². The predicted molar refractivity (Wildman–Crippen MR) is 157 cm³/mol. The van der Waals surface area contributed by atoms with Gasteiger partial charge < -0.3 is 9.47 Å². The predicted octanol–water partition coefficient (Wildman–Crippen LogP) is 9.18. The van der Waals surface area contributed by atoms with E-state index in [9.17, 15) is 4.79 Å². The Bertz CT molecular complexity index is 1120. The van der Waals surface area contributed by atoms with Crippen LogP contribution in [0.1, 0.15) is 113 Å². The van der Waals surface area contributed by atoms with E-state index in [4.69, 9.17) is 9.47 Å². The van der Waals surface area contributed by atoms with Crippen molar-refractivity contribution in [3.63, 3.8) is 0 Å². The topological polar surface area (TPSA) is 61.3 Å². The molecule has 0 radical (unpaired) electrons. The van der Waals surface area contributed by atoms with E-state index in [0.29, 0.717) is 29.7 Å². The normalized spacial score (nSPS) is 17.1. The molecule has 39 heavy (non-hydrogen) atoms. The summed E-state index contributed by atoms with van der Waals surface area (Å²) in [6, 6.07) is 14.3. The van der Waals surface area contributed by atoms with Crippen LogP contribution in [0.2, 0.25) is 0 Å². The number of esters is 1. The Labute approximate surface area is 234 Å². The van der Waals surface area contributed by atoms with Gasteiger partial charge in [0.2, 0.25) is 0 Å². The van der Waals surface area contributed by atoms with Gasteiger partial charge in [-0.2, -0.15) is 0 Å². The largest absolute Gasteiger partial charge is 0.494 e. The summed E-state index contributed by atoms with van der Waals surface area (Å²) in [6.07, 6.45) is 20.3. The molecule has 5 nitrogen and oxygen atoms in total. The second kappa shape index (κ2) is 15.4. The first-order valence-corrected chi connectivity index (χ1v) is 15.0. The lowest BCUT2D eigenvalue weighted by molar-refractivity contribution is 0.0734. The molecule has 1 aliphatic carbocycles. The molecule has 0 saturated heterocycles. The Balaban J connectivity index is 1.21. The van der Waals surface area contributed by atoms with Crippen molar-refractivity contribution in [3.8, 4) is 22.9 Å². The van der Waals surface area contributed by atoms with E-state index in [2.05, 4.69) is 16.9 Å². The highest BCUT2D eigenvalue weighted by Crippen LogP contribution is 2.37. The summed E-state index contributed by atoms with van der Waals surface area (Å²) < 4.78 is 11.0. The number of rotatable bonds is 14. The van der Waals surface area contributed by atoms with Gasteiger partial charge in [-0.3, -0.25) is 0 Å². The van der Waals surface area contributed by atoms with Crippen molar-refractivity contribution in [2.24, 2.45) is 5.92 Å². The highest BCUT2D eigenvalue weighted by atomic mass is 16.5. The molecule has 0 aliphatic heterocycles. The minimum absolute atomic E-state index is 0.400. The van der Waals surface area contributed by atoms with Crippen molar-refractivity contribution in [2.45, 2.75) is 96.8 Å². The molecule has 0 amide bonds. The van der Waals surface area contributed by atoms with Gasteiger partial charge in [0.1, 0.15) is 11.5 Å². The Hall–Kier alpha value is -3.21. The summed E-state index contributed by atoms with van der Waals surface area (Å²) in [5.74, 6) is 2.99. The van der Waals surface area contributed by atoms with E-state index in [-0.39, 0.29) is 0 Å². The molecule has 5 heteroatoms. The Kier molecular flexibility index (Phi) is 11.4. The van der Waals surface area contributed by atoms with Crippen LogP contribution in [0, 0.1) is 5.92 Å². The quantitative estimate of drug-likeness (QED) is 0.119. The third kappa shape index (κ3) is 8.91. The maximum atomic E-state index is 12.5. The van der Waals surface area contributed by atoms with Crippen LogP contribution < -0.4 is 9.47 Å². The lowest BCUT2D eigenvalue weighted by Gasteiger charge is -2.28. The lowest BCUT2D eigenvalue weighted by atomic mass is 9.77. The van der Waals surface area contributed by atoms with Gasteiger partial charge >= 0.3 is 5.97 Å². The number of carbonyl (C=O) groups excluding carboxylic acids is 1. The fourth-order valence-corrected chi connectivity index (χ4v) is 5.56. The summed E-state index contributed by atoms with van der Waals surface area (Å²) in [5, 5.41) is 0. The van der Waals surface area contributed by atoms with Gasteiger partial charge in [0, 0.05) is 18.0 Å². The molecular weight excluding hydrogens is 484 g/mol.